The molecule has 0 spiro atoms. The average Bonchev–Trinajstić information content (AvgIpc) is 3.12. The van der Waals surface area contributed by atoms with Crippen LogP contribution < -0.4 is 0 Å². The molecule has 4 aliphatic rings. The highest BCUT2D eigenvalue weighted by molar-refractivity contribution is 5.28. The lowest BCUT2D eigenvalue weighted by molar-refractivity contribution is 0.225. The lowest BCUT2D eigenvalue weighted by atomic mass is 9.76. The maximum atomic E-state index is 2.52. The van der Waals surface area contributed by atoms with Crippen LogP contribution in [0.4, 0.5) is 0 Å². The van der Waals surface area contributed by atoms with Crippen molar-refractivity contribution in [2.75, 3.05) is 0 Å². The van der Waals surface area contributed by atoms with Crippen LogP contribution in [0, 0.1) is 46.8 Å². The fraction of sp³-hybridized carbons (Fsp3) is 0.652. The van der Waals surface area contributed by atoms with Gasteiger partial charge in [0.05, 0.1) is 0 Å². The van der Waals surface area contributed by atoms with E-state index in [1.54, 1.807) is 0 Å². The van der Waals surface area contributed by atoms with Crippen LogP contribution in [-0.2, 0) is 0 Å². The van der Waals surface area contributed by atoms with Gasteiger partial charge in [-0.25, -0.2) is 0 Å². The van der Waals surface area contributed by atoms with E-state index in [9.17, 15) is 0 Å². The summed E-state index contributed by atoms with van der Waals surface area (Å²) in [7, 11) is 0. The summed E-state index contributed by atoms with van der Waals surface area (Å²) in [5.74, 6) is 5.79. The van der Waals surface area contributed by atoms with Gasteiger partial charge in [0.1, 0.15) is 0 Å². The summed E-state index contributed by atoms with van der Waals surface area (Å²) in [6, 6.07) is 0. The van der Waals surface area contributed by atoms with Crippen LogP contribution in [0.5, 0.6) is 0 Å². The molecule has 6 atom stereocenters. The molecule has 0 N–H and O–H groups in total. The van der Waals surface area contributed by atoms with E-state index in [0.29, 0.717) is 5.41 Å². The van der Waals surface area contributed by atoms with E-state index < -0.39 is 0 Å². The molecule has 0 saturated heterocycles. The molecule has 0 aromatic carbocycles. The smallest absolute Gasteiger partial charge is 0.00956 e. The Morgan fingerprint density at radius 1 is 0.739 bits per heavy atom. The maximum Gasteiger partial charge on any atom is -0.00956 e. The van der Waals surface area contributed by atoms with Crippen molar-refractivity contribution in [2.45, 2.75) is 46.5 Å². The van der Waals surface area contributed by atoms with Crippen LogP contribution in [-0.4, -0.2) is 0 Å². The highest BCUT2D eigenvalue weighted by Gasteiger charge is 2.48. The fourth-order valence-electron chi connectivity index (χ4n) is 5.94. The Morgan fingerprint density at radius 3 is 1.74 bits per heavy atom. The third kappa shape index (κ3) is 2.79. The summed E-state index contributed by atoms with van der Waals surface area (Å²) in [6.45, 7) is 7.31. The monoisotopic (exact) mass is 308 g/mol. The van der Waals surface area contributed by atoms with E-state index >= 15 is 0 Å². The van der Waals surface area contributed by atoms with Gasteiger partial charge in [0.15, 0.2) is 0 Å². The number of hydrogen-bond donors (Lipinski definition) is 0. The summed E-state index contributed by atoms with van der Waals surface area (Å²) >= 11 is 0. The van der Waals surface area contributed by atoms with E-state index in [1.165, 1.54) is 25.7 Å². The first-order valence-corrected chi connectivity index (χ1v) is 9.74. The zero-order chi connectivity index (χ0) is 16.0. The van der Waals surface area contributed by atoms with Gasteiger partial charge < -0.3 is 0 Å². The van der Waals surface area contributed by atoms with Gasteiger partial charge in [0.2, 0.25) is 0 Å². The normalized spacial score (nSPS) is 44.6. The van der Waals surface area contributed by atoms with Crippen molar-refractivity contribution in [3.8, 4) is 0 Å². The van der Waals surface area contributed by atoms with Gasteiger partial charge in [-0.1, -0.05) is 75.8 Å². The van der Waals surface area contributed by atoms with E-state index in [4.69, 9.17) is 0 Å². The van der Waals surface area contributed by atoms with Crippen molar-refractivity contribution < 1.29 is 0 Å². The largest absolute Gasteiger partial charge is 0.0805 e. The van der Waals surface area contributed by atoms with Crippen molar-refractivity contribution in [1.29, 1.82) is 0 Å². The Morgan fingerprint density at radius 2 is 1.26 bits per heavy atom. The van der Waals surface area contributed by atoms with Gasteiger partial charge in [0.25, 0.3) is 0 Å². The molecule has 0 aromatic rings. The average molecular weight is 309 g/mol. The lowest BCUT2D eigenvalue weighted by Gasteiger charge is -2.29. The topological polar surface area (TPSA) is 0 Å². The number of fused-ring (bicyclic) bond motifs is 3. The molecule has 2 fully saturated rings. The summed E-state index contributed by atoms with van der Waals surface area (Å²) in [5.41, 5.74) is 0.496. The van der Waals surface area contributed by atoms with Crippen molar-refractivity contribution in [3.63, 3.8) is 0 Å². The van der Waals surface area contributed by atoms with Crippen molar-refractivity contribution in [1.82, 2.24) is 0 Å². The molecule has 0 heterocycles. The minimum Gasteiger partial charge on any atom is -0.0805 e. The molecular weight excluding hydrogens is 276 g/mol. The summed E-state index contributed by atoms with van der Waals surface area (Å²) in [6.07, 6.45) is 25.0. The third-order valence-corrected chi connectivity index (χ3v) is 7.25. The van der Waals surface area contributed by atoms with E-state index in [0.717, 1.165) is 41.4 Å². The minimum atomic E-state index is 0.496. The quantitative estimate of drug-likeness (QED) is 0.571. The van der Waals surface area contributed by atoms with Crippen LogP contribution in [0.25, 0.3) is 0 Å². The SMILES string of the molecule is CC(C)(C)C1CCC(CC2C3C=CC=CC3C3C=CC=CC32)C1. The molecule has 6 unspecified atom stereocenters. The standard InChI is InChI=1S/C23H32/c1-23(2,3)17-13-12-16(14-17)15-22-20-10-6-4-8-18(20)19-9-5-7-11-21(19)22/h4-11,16-22H,12-15H2,1-3H3. The molecule has 4 rings (SSSR count). The first kappa shape index (κ1) is 15.5. The van der Waals surface area contributed by atoms with Gasteiger partial charge in [0, 0.05) is 0 Å². The minimum absolute atomic E-state index is 0.496. The molecular formula is C23H32. The predicted octanol–water partition coefficient (Wildman–Crippen LogP) is 6.19. The Labute approximate surface area is 142 Å². The molecule has 0 aromatic heterocycles. The Hall–Kier alpha value is -1.04. The molecule has 4 aliphatic carbocycles. The predicted molar refractivity (Wildman–Crippen MR) is 98.9 cm³/mol. The van der Waals surface area contributed by atoms with Crippen LogP contribution in [0.2, 0.25) is 0 Å². The van der Waals surface area contributed by atoms with Gasteiger partial charge >= 0.3 is 0 Å². The molecule has 0 radical (unpaired) electrons. The summed E-state index contributed by atoms with van der Waals surface area (Å²) in [4.78, 5) is 0. The van der Waals surface area contributed by atoms with Crippen LogP contribution in [0.15, 0.2) is 48.6 Å². The van der Waals surface area contributed by atoms with E-state index in [-0.39, 0.29) is 0 Å². The summed E-state index contributed by atoms with van der Waals surface area (Å²) in [5, 5.41) is 0. The van der Waals surface area contributed by atoms with E-state index in [1.807, 2.05) is 0 Å². The van der Waals surface area contributed by atoms with Crippen LogP contribution >= 0.6 is 0 Å². The molecule has 2 saturated carbocycles. The second-order valence-electron chi connectivity index (χ2n) is 9.49. The second kappa shape index (κ2) is 5.80. The number of hydrogen-bond acceptors (Lipinski definition) is 0. The molecule has 23 heavy (non-hydrogen) atoms. The van der Waals surface area contributed by atoms with Crippen molar-refractivity contribution in [2.24, 2.45) is 46.8 Å². The Balaban J connectivity index is 1.50. The first-order chi connectivity index (χ1) is 11.0. The van der Waals surface area contributed by atoms with Gasteiger partial charge in [-0.3, -0.25) is 0 Å². The molecule has 124 valence electrons. The van der Waals surface area contributed by atoms with Crippen LogP contribution in [0.1, 0.15) is 46.5 Å². The lowest BCUT2D eigenvalue weighted by Crippen LogP contribution is -2.21. The first-order valence-electron chi connectivity index (χ1n) is 9.74. The molecule has 0 amide bonds. The van der Waals surface area contributed by atoms with E-state index in [2.05, 4.69) is 69.4 Å². The molecule has 0 aliphatic heterocycles. The van der Waals surface area contributed by atoms with Crippen LogP contribution in [0.3, 0.4) is 0 Å². The van der Waals surface area contributed by atoms with Crippen molar-refractivity contribution in [3.05, 3.63) is 48.6 Å². The Bertz CT molecular complexity index is 519. The van der Waals surface area contributed by atoms with Gasteiger partial charge in [-0.2, -0.15) is 0 Å². The number of rotatable bonds is 2. The van der Waals surface area contributed by atoms with Crippen molar-refractivity contribution >= 4 is 0 Å². The highest BCUT2D eigenvalue weighted by atomic mass is 14.5. The maximum absolute atomic E-state index is 2.52. The zero-order valence-electron chi connectivity index (χ0n) is 15.0. The Kier molecular flexibility index (Phi) is 3.90. The van der Waals surface area contributed by atoms with Gasteiger partial charge in [-0.15, -0.1) is 0 Å². The second-order valence-corrected chi connectivity index (χ2v) is 9.49. The fourth-order valence-corrected chi connectivity index (χ4v) is 5.94. The number of allylic oxidation sites excluding steroid dienone is 8. The zero-order valence-corrected chi connectivity index (χ0v) is 15.0. The highest BCUT2D eigenvalue weighted by Crippen LogP contribution is 2.55. The summed E-state index contributed by atoms with van der Waals surface area (Å²) < 4.78 is 0. The third-order valence-electron chi connectivity index (χ3n) is 7.25. The molecule has 0 bridgehead atoms. The molecule has 0 heteroatoms. The van der Waals surface area contributed by atoms with Gasteiger partial charge in [-0.05, 0) is 66.1 Å². The molecule has 0 nitrogen and oxygen atoms in total.